The lowest BCUT2D eigenvalue weighted by atomic mass is 10.2. The lowest BCUT2D eigenvalue weighted by molar-refractivity contribution is -0.128. The van der Waals surface area contributed by atoms with Crippen molar-refractivity contribution in [2.45, 2.75) is 39.5 Å². The SMILES string of the molecule is CCCOCCOCCOCCOCCOCCOCCOCCOCCCC(=O)COCC(=O)CC. The molecule has 0 aliphatic heterocycles. The topological polar surface area (TPSA) is 117 Å². The second-order valence-electron chi connectivity index (χ2n) is 7.93. The van der Waals surface area contributed by atoms with E-state index in [0.29, 0.717) is 118 Å². The molecule has 37 heavy (non-hydrogen) atoms. The lowest BCUT2D eigenvalue weighted by Crippen LogP contribution is -2.15. The van der Waals surface area contributed by atoms with Crippen LogP contribution in [-0.2, 0) is 52.2 Å². The van der Waals surface area contributed by atoms with Crippen molar-refractivity contribution in [2.24, 2.45) is 0 Å². The summed E-state index contributed by atoms with van der Waals surface area (Å²) in [5.41, 5.74) is 0. The molecule has 0 aliphatic carbocycles. The van der Waals surface area contributed by atoms with Crippen LogP contribution in [0, 0.1) is 0 Å². The molecule has 0 atom stereocenters. The summed E-state index contributed by atoms with van der Waals surface area (Å²) in [5, 5.41) is 0. The predicted octanol–water partition coefficient (Wildman–Crippen LogP) is 1.87. The Morgan fingerprint density at radius 3 is 1.08 bits per heavy atom. The molecule has 0 unspecified atom stereocenters. The van der Waals surface area contributed by atoms with E-state index < -0.39 is 0 Å². The smallest absolute Gasteiger partial charge is 0.158 e. The zero-order chi connectivity index (χ0) is 27.1. The van der Waals surface area contributed by atoms with Gasteiger partial charge in [0, 0.05) is 26.1 Å². The minimum absolute atomic E-state index is 0.00363. The van der Waals surface area contributed by atoms with Crippen molar-refractivity contribution in [3.05, 3.63) is 0 Å². The van der Waals surface area contributed by atoms with Gasteiger partial charge in [0.05, 0.1) is 92.5 Å². The Labute approximate surface area is 222 Å². The highest BCUT2D eigenvalue weighted by Gasteiger charge is 2.04. The molecule has 0 amide bonds. The molecule has 0 spiro atoms. The Morgan fingerprint density at radius 2 is 0.730 bits per heavy atom. The molecule has 0 aromatic carbocycles. The van der Waals surface area contributed by atoms with Crippen molar-refractivity contribution in [3.63, 3.8) is 0 Å². The van der Waals surface area contributed by atoms with Gasteiger partial charge in [0.15, 0.2) is 11.6 Å². The first-order valence-electron chi connectivity index (χ1n) is 13.4. The maximum Gasteiger partial charge on any atom is 0.158 e. The third kappa shape index (κ3) is 31.1. The predicted molar refractivity (Wildman–Crippen MR) is 137 cm³/mol. The molecular formula is C26H50O11. The highest BCUT2D eigenvalue weighted by Crippen LogP contribution is 1.94. The Bertz CT molecular complexity index is 491. The molecule has 0 fully saturated rings. The van der Waals surface area contributed by atoms with Crippen molar-refractivity contribution < 1.29 is 52.2 Å². The highest BCUT2D eigenvalue weighted by atomic mass is 16.6. The number of carbonyl (C=O) groups excluding carboxylic acids is 2. The average Bonchev–Trinajstić information content (AvgIpc) is 2.90. The third-order valence-corrected chi connectivity index (χ3v) is 4.62. The van der Waals surface area contributed by atoms with E-state index in [1.807, 2.05) is 0 Å². The lowest BCUT2D eigenvalue weighted by Gasteiger charge is -2.08. The van der Waals surface area contributed by atoms with Gasteiger partial charge in [-0.05, 0) is 12.8 Å². The monoisotopic (exact) mass is 538 g/mol. The largest absolute Gasteiger partial charge is 0.379 e. The number of carbonyl (C=O) groups is 2. The van der Waals surface area contributed by atoms with Gasteiger partial charge in [-0.1, -0.05) is 13.8 Å². The molecule has 220 valence electrons. The van der Waals surface area contributed by atoms with E-state index in [2.05, 4.69) is 6.92 Å². The van der Waals surface area contributed by atoms with Crippen LogP contribution in [0.15, 0.2) is 0 Å². The molecule has 0 aromatic rings. The Kier molecular flexibility index (Phi) is 30.3. The summed E-state index contributed by atoms with van der Waals surface area (Å²) in [5.74, 6) is -0.0276. The third-order valence-electron chi connectivity index (χ3n) is 4.62. The molecule has 11 heteroatoms. The van der Waals surface area contributed by atoms with E-state index in [9.17, 15) is 9.59 Å². The fourth-order valence-corrected chi connectivity index (χ4v) is 2.61. The highest BCUT2D eigenvalue weighted by molar-refractivity contribution is 5.81. The zero-order valence-electron chi connectivity index (χ0n) is 23.0. The number of ether oxygens (including phenoxy) is 9. The van der Waals surface area contributed by atoms with Gasteiger partial charge < -0.3 is 42.6 Å². The first-order chi connectivity index (χ1) is 18.2. The number of hydrogen-bond donors (Lipinski definition) is 0. The second-order valence-corrected chi connectivity index (χ2v) is 7.93. The van der Waals surface area contributed by atoms with Crippen molar-refractivity contribution in [3.8, 4) is 0 Å². The first-order valence-corrected chi connectivity index (χ1v) is 13.4. The van der Waals surface area contributed by atoms with Crippen LogP contribution in [0.1, 0.15) is 39.5 Å². The van der Waals surface area contributed by atoms with Crippen LogP contribution in [0.4, 0.5) is 0 Å². The summed E-state index contributed by atoms with van der Waals surface area (Å²) in [6.45, 7) is 12.4. The fourth-order valence-electron chi connectivity index (χ4n) is 2.61. The van der Waals surface area contributed by atoms with Crippen molar-refractivity contribution >= 4 is 11.6 Å². The van der Waals surface area contributed by atoms with Crippen LogP contribution in [0.5, 0.6) is 0 Å². The standard InChI is InChI=1S/C26H50O11/c1-3-7-29-9-11-31-13-15-33-17-19-35-21-22-36-20-18-34-16-14-32-12-10-30-8-5-6-26(28)24-37-23-25(27)4-2/h3-24H2,1-2H3. The minimum Gasteiger partial charge on any atom is -0.379 e. The Morgan fingerprint density at radius 1 is 0.405 bits per heavy atom. The Balaban J connectivity index is 3.11. The van der Waals surface area contributed by atoms with E-state index in [0.717, 1.165) is 13.0 Å². The molecule has 0 bridgehead atoms. The van der Waals surface area contributed by atoms with Crippen LogP contribution in [0.2, 0.25) is 0 Å². The normalized spacial score (nSPS) is 11.3. The molecule has 0 saturated carbocycles. The van der Waals surface area contributed by atoms with Crippen LogP contribution in [-0.4, -0.2) is 130 Å². The molecular weight excluding hydrogens is 488 g/mol. The molecule has 0 aliphatic rings. The maximum absolute atomic E-state index is 11.6. The summed E-state index contributed by atoms with van der Waals surface area (Å²) in [7, 11) is 0. The van der Waals surface area contributed by atoms with E-state index in [4.69, 9.17) is 42.6 Å². The molecule has 11 nitrogen and oxygen atoms in total. The zero-order valence-corrected chi connectivity index (χ0v) is 23.0. The van der Waals surface area contributed by atoms with E-state index in [1.54, 1.807) is 6.92 Å². The summed E-state index contributed by atoms with van der Waals surface area (Å²) < 4.78 is 48.3. The minimum atomic E-state index is -0.0240. The summed E-state index contributed by atoms with van der Waals surface area (Å²) in [4.78, 5) is 22.7. The molecule has 0 saturated heterocycles. The molecule has 0 aromatic heterocycles. The van der Waals surface area contributed by atoms with Gasteiger partial charge in [-0.15, -0.1) is 0 Å². The van der Waals surface area contributed by atoms with E-state index in [1.165, 1.54) is 0 Å². The molecule has 0 N–H and O–H groups in total. The number of rotatable bonds is 32. The molecule has 0 rings (SSSR count). The fraction of sp³-hybridized carbons (Fsp3) is 0.923. The molecule has 0 radical (unpaired) electrons. The summed E-state index contributed by atoms with van der Waals surface area (Å²) in [6, 6.07) is 0. The summed E-state index contributed by atoms with van der Waals surface area (Å²) in [6.07, 6.45) is 2.44. The molecule has 0 heterocycles. The number of hydrogen-bond acceptors (Lipinski definition) is 11. The van der Waals surface area contributed by atoms with Crippen LogP contribution < -0.4 is 0 Å². The van der Waals surface area contributed by atoms with Gasteiger partial charge in [-0.2, -0.15) is 0 Å². The summed E-state index contributed by atoms with van der Waals surface area (Å²) >= 11 is 0. The van der Waals surface area contributed by atoms with Gasteiger partial charge in [-0.25, -0.2) is 0 Å². The quantitative estimate of drug-likeness (QED) is 0.117. The van der Waals surface area contributed by atoms with Gasteiger partial charge in [0.1, 0.15) is 13.2 Å². The second kappa shape index (κ2) is 31.2. The average molecular weight is 539 g/mol. The van der Waals surface area contributed by atoms with Gasteiger partial charge in [0.25, 0.3) is 0 Å². The number of Topliss-reactive ketones (excluding diaryl/α,β-unsaturated/α-hetero) is 2. The van der Waals surface area contributed by atoms with Crippen LogP contribution in [0.25, 0.3) is 0 Å². The Hall–Kier alpha value is -1.02. The van der Waals surface area contributed by atoms with Gasteiger partial charge in [0.2, 0.25) is 0 Å². The van der Waals surface area contributed by atoms with Crippen LogP contribution >= 0.6 is 0 Å². The maximum atomic E-state index is 11.6. The van der Waals surface area contributed by atoms with Crippen molar-refractivity contribution in [2.75, 3.05) is 119 Å². The van der Waals surface area contributed by atoms with E-state index in [-0.39, 0.29) is 24.8 Å². The number of ketones is 2. The van der Waals surface area contributed by atoms with Crippen molar-refractivity contribution in [1.82, 2.24) is 0 Å². The first kappa shape index (κ1) is 36.0. The van der Waals surface area contributed by atoms with Crippen molar-refractivity contribution in [1.29, 1.82) is 0 Å². The van der Waals surface area contributed by atoms with E-state index >= 15 is 0 Å². The van der Waals surface area contributed by atoms with Crippen LogP contribution in [0.3, 0.4) is 0 Å². The van der Waals surface area contributed by atoms with Gasteiger partial charge in [-0.3, -0.25) is 9.59 Å². The van der Waals surface area contributed by atoms with Gasteiger partial charge >= 0.3 is 0 Å².